The summed E-state index contributed by atoms with van der Waals surface area (Å²) < 4.78 is 48.8. The fraction of sp³-hybridized carbons (Fsp3) is 0.435. The topological polar surface area (TPSA) is 44.8 Å². The van der Waals surface area contributed by atoms with Gasteiger partial charge in [0.15, 0.2) is 6.10 Å². The molecule has 1 N–H and O–H groups in total. The van der Waals surface area contributed by atoms with Crippen LogP contribution in [-0.4, -0.2) is 50.6 Å². The molecule has 2 aliphatic rings. The summed E-state index contributed by atoms with van der Waals surface area (Å²) in [5.74, 6) is -4.24. The van der Waals surface area contributed by atoms with E-state index < -0.39 is 23.8 Å². The van der Waals surface area contributed by atoms with Crippen LogP contribution in [0.2, 0.25) is 5.02 Å². The van der Waals surface area contributed by atoms with Gasteiger partial charge in [-0.3, -0.25) is 4.79 Å². The molecule has 2 heterocycles. The second kappa shape index (κ2) is 8.73. The van der Waals surface area contributed by atoms with E-state index in [1.54, 1.807) is 17.0 Å². The van der Waals surface area contributed by atoms with Crippen LogP contribution >= 0.6 is 11.6 Å². The van der Waals surface area contributed by atoms with Crippen molar-refractivity contribution in [1.29, 1.82) is 0 Å². The largest absolute Gasteiger partial charge is 0.476 e. The lowest BCUT2D eigenvalue weighted by Gasteiger charge is -2.38. The van der Waals surface area contributed by atoms with Crippen molar-refractivity contribution < 1.29 is 22.7 Å². The van der Waals surface area contributed by atoms with Gasteiger partial charge in [0, 0.05) is 44.7 Å². The summed E-state index contributed by atoms with van der Waals surface area (Å²) in [5.41, 5.74) is 1.28. The number of carbonyl (C=O) groups excluding carboxylic acids is 1. The van der Waals surface area contributed by atoms with Gasteiger partial charge in [-0.25, -0.2) is 13.2 Å². The lowest BCUT2D eigenvalue weighted by atomic mass is 9.86. The number of alkyl halides is 2. The van der Waals surface area contributed by atoms with Crippen LogP contribution in [0.25, 0.3) is 0 Å². The molecule has 172 valence electrons. The zero-order valence-electron chi connectivity index (χ0n) is 17.9. The number of rotatable bonds is 4. The number of carbonyl (C=O) groups is 1. The van der Waals surface area contributed by atoms with Crippen molar-refractivity contribution in [1.82, 2.24) is 4.90 Å². The van der Waals surface area contributed by atoms with E-state index in [0.29, 0.717) is 16.5 Å². The summed E-state index contributed by atoms with van der Waals surface area (Å²) in [6, 6.07) is 7.87. The van der Waals surface area contributed by atoms with Crippen LogP contribution in [0.3, 0.4) is 0 Å². The average molecular weight is 468 g/mol. The molecule has 2 aromatic carbocycles. The van der Waals surface area contributed by atoms with Crippen LogP contribution in [0.15, 0.2) is 36.4 Å². The Morgan fingerprint density at radius 2 is 1.84 bits per heavy atom. The van der Waals surface area contributed by atoms with Crippen LogP contribution in [0.4, 0.5) is 24.5 Å². The zero-order valence-corrected chi connectivity index (χ0v) is 18.6. The molecule has 1 atom stereocenters. The molecule has 5 nitrogen and oxygen atoms in total. The van der Waals surface area contributed by atoms with E-state index in [0.717, 1.165) is 30.0 Å². The van der Waals surface area contributed by atoms with Crippen molar-refractivity contribution in [3.05, 3.63) is 52.8 Å². The Morgan fingerprint density at radius 3 is 2.47 bits per heavy atom. The molecule has 1 amide bonds. The number of likely N-dealkylation sites (tertiary alicyclic amines) is 1. The number of benzene rings is 2. The Kier molecular flexibility index (Phi) is 6.16. The van der Waals surface area contributed by atoms with Gasteiger partial charge in [0.25, 0.3) is 11.8 Å². The predicted molar refractivity (Wildman–Crippen MR) is 118 cm³/mol. The summed E-state index contributed by atoms with van der Waals surface area (Å²) in [6.45, 7) is 0.711. The SMILES string of the molecule is CN(C)c1cc2c(cc1Cl)NCC(C(=O)N1CCC(C(F)(F)c3ccc(F)cc3)CC1)O2. The van der Waals surface area contributed by atoms with Crippen LogP contribution < -0.4 is 15.0 Å². The summed E-state index contributed by atoms with van der Waals surface area (Å²) in [4.78, 5) is 16.4. The molecular weight excluding hydrogens is 443 g/mol. The van der Waals surface area contributed by atoms with Crippen molar-refractivity contribution in [3.63, 3.8) is 0 Å². The average Bonchev–Trinajstić information content (AvgIpc) is 2.78. The molecule has 4 rings (SSSR count). The standard InChI is InChI=1S/C23H25ClF3N3O2/c1-29(2)19-12-20-18(11-17(19)24)28-13-21(32-20)22(31)30-9-7-15(8-10-30)23(26,27)14-3-5-16(25)6-4-14/h3-6,11-12,15,21,28H,7-10,13H2,1-2H3. The molecule has 1 saturated heterocycles. The van der Waals surface area contributed by atoms with E-state index in [-0.39, 0.29) is 43.9 Å². The molecule has 2 aromatic rings. The van der Waals surface area contributed by atoms with Crippen molar-refractivity contribution in [2.75, 3.05) is 43.9 Å². The van der Waals surface area contributed by atoms with E-state index in [9.17, 15) is 18.0 Å². The van der Waals surface area contributed by atoms with Crippen molar-refractivity contribution in [2.45, 2.75) is 24.9 Å². The highest BCUT2D eigenvalue weighted by Crippen LogP contribution is 2.42. The van der Waals surface area contributed by atoms with Gasteiger partial charge in [-0.15, -0.1) is 0 Å². The first-order valence-corrected chi connectivity index (χ1v) is 10.9. The highest BCUT2D eigenvalue weighted by Gasteiger charge is 2.44. The van der Waals surface area contributed by atoms with E-state index in [1.165, 1.54) is 0 Å². The number of halogens is 4. The molecule has 0 saturated carbocycles. The number of nitrogens with one attached hydrogen (secondary N) is 1. The van der Waals surface area contributed by atoms with Gasteiger partial charge in [0.2, 0.25) is 0 Å². The monoisotopic (exact) mass is 467 g/mol. The molecule has 0 aliphatic carbocycles. The number of piperidine rings is 1. The minimum atomic E-state index is -3.08. The van der Waals surface area contributed by atoms with Gasteiger partial charge in [0.05, 0.1) is 22.9 Å². The highest BCUT2D eigenvalue weighted by molar-refractivity contribution is 6.33. The first-order chi connectivity index (χ1) is 15.2. The third-order valence-corrected chi connectivity index (χ3v) is 6.40. The maximum Gasteiger partial charge on any atom is 0.276 e. The van der Waals surface area contributed by atoms with Gasteiger partial charge in [-0.1, -0.05) is 23.7 Å². The molecule has 2 aliphatic heterocycles. The molecule has 0 radical (unpaired) electrons. The molecule has 1 fully saturated rings. The van der Waals surface area contributed by atoms with Crippen LogP contribution in [0, 0.1) is 11.7 Å². The maximum absolute atomic E-state index is 14.9. The lowest BCUT2D eigenvalue weighted by Crippen LogP contribution is -2.50. The number of amides is 1. The Balaban J connectivity index is 1.40. The predicted octanol–water partition coefficient (Wildman–Crippen LogP) is 4.75. The van der Waals surface area contributed by atoms with E-state index >= 15 is 0 Å². The summed E-state index contributed by atoms with van der Waals surface area (Å²) in [7, 11) is 3.72. The highest BCUT2D eigenvalue weighted by atomic mass is 35.5. The Bertz CT molecular complexity index is 993. The first kappa shape index (κ1) is 22.6. The molecular formula is C23H25ClF3N3O2. The second-order valence-electron chi connectivity index (χ2n) is 8.41. The van der Waals surface area contributed by atoms with Gasteiger partial charge in [-0.2, -0.15) is 0 Å². The third-order valence-electron chi connectivity index (χ3n) is 6.10. The number of hydrogen-bond acceptors (Lipinski definition) is 4. The maximum atomic E-state index is 14.9. The van der Waals surface area contributed by atoms with Crippen LogP contribution in [0.5, 0.6) is 5.75 Å². The van der Waals surface area contributed by atoms with Crippen LogP contribution in [-0.2, 0) is 10.7 Å². The Labute approximate surface area is 190 Å². The summed E-state index contributed by atoms with van der Waals surface area (Å²) in [6.07, 6.45) is -0.423. The second-order valence-corrected chi connectivity index (χ2v) is 8.82. The van der Waals surface area contributed by atoms with Crippen molar-refractivity contribution in [3.8, 4) is 5.75 Å². The van der Waals surface area contributed by atoms with E-state index in [1.807, 2.05) is 19.0 Å². The molecule has 1 unspecified atom stereocenters. The zero-order chi connectivity index (χ0) is 23.0. The normalized spacial score (nSPS) is 19.1. The van der Waals surface area contributed by atoms with Gasteiger partial charge in [0.1, 0.15) is 11.6 Å². The van der Waals surface area contributed by atoms with E-state index in [2.05, 4.69) is 5.32 Å². The molecule has 0 aromatic heterocycles. The van der Waals surface area contributed by atoms with Gasteiger partial charge >= 0.3 is 0 Å². The van der Waals surface area contributed by atoms with Crippen molar-refractivity contribution in [2.24, 2.45) is 5.92 Å². The molecule has 9 heteroatoms. The third kappa shape index (κ3) is 4.33. The van der Waals surface area contributed by atoms with E-state index in [4.69, 9.17) is 16.3 Å². The fourth-order valence-electron chi connectivity index (χ4n) is 4.23. The number of ether oxygens (including phenoxy) is 1. The first-order valence-electron chi connectivity index (χ1n) is 10.5. The quantitative estimate of drug-likeness (QED) is 0.705. The lowest BCUT2D eigenvalue weighted by molar-refractivity contribution is -0.143. The number of anilines is 2. The summed E-state index contributed by atoms with van der Waals surface area (Å²) in [5, 5.41) is 3.74. The van der Waals surface area contributed by atoms with Crippen LogP contribution in [0.1, 0.15) is 18.4 Å². The number of hydrogen-bond donors (Lipinski definition) is 1. The van der Waals surface area contributed by atoms with Crippen molar-refractivity contribution >= 4 is 28.9 Å². The van der Waals surface area contributed by atoms with Gasteiger partial charge in [-0.05, 0) is 31.0 Å². The molecule has 0 spiro atoms. The number of nitrogens with zero attached hydrogens (tertiary/aromatic N) is 2. The fourth-order valence-corrected chi connectivity index (χ4v) is 4.56. The van der Waals surface area contributed by atoms with Gasteiger partial charge < -0.3 is 19.9 Å². The minimum absolute atomic E-state index is 0.160. The summed E-state index contributed by atoms with van der Waals surface area (Å²) >= 11 is 6.29. The number of fused-ring (bicyclic) bond motifs is 1. The smallest absolute Gasteiger partial charge is 0.276 e. The molecule has 0 bridgehead atoms. The Morgan fingerprint density at radius 1 is 1.19 bits per heavy atom. The Hall–Kier alpha value is -2.61. The minimum Gasteiger partial charge on any atom is -0.476 e. The molecule has 32 heavy (non-hydrogen) atoms.